The summed E-state index contributed by atoms with van der Waals surface area (Å²) in [5.41, 5.74) is 6.03. The van der Waals surface area contributed by atoms with Crippen molar-refractivity contribution in [2.24, 2.45) is 5.73 Å². The predicted molar refractivity (Wildman–Crippen MR) is 72.6 cm³/mol. The summed E-state index contributed by atoms with van der Waals surface area (Å²) in [5, 5.41) is 0. The number of halogens is 3. The summed E-state index contributed by atoms with van der Waals surface area (Å²) < 4.78 is 37.2. The average Bonchev–Trinajstić information content (AvgIpc) is 2.73. The number of aryl methyl sites for hydroxylation is 1. The van der Waals surface area contributed by atoms with E-state index in [1.54, 1.807) is 13.0 Å². The van der Waals surface area contributed by atoms with Crippen molar-refractivity contribution < 1.29 is 18.0 Å². The van der Waals surface area contributed by atoms with Crippen molar-refractivity contribution in [2.45, 2.75) is 20.0 Å². The van der Waals surface area contributed by atoms with Crippen molar-refractivity contribution >= 4 is 17.2 Å². The molecule has 110 valence electrons. The van der Waals surface area contributed by atoms with Crippen molar-refractivity contribution in [2.75, 3.05) is 19.6 Å². The Morgan fingerprint density at radius 1 is 1.50 bits per heavy atom. The molecule has 1 rings (SSSR count). The second-order valence-corrected chi connectivity index (χ2v) is 5.12. The standard InChI is InChI=1S/C13H15F3N2OS/c1-3-18(8-13(14,15)16)12(19)11-7-9(2)10(20-11)5-4-6-17/h7H,3,6,8,17H2,1-2H3. The van der Waals surface area contributed by atoms with Gasteiger partial charge in [-0.15, -0.1) is 11.3 Å². The molecule has 0 spiro atoms. The highest BCUT2D eigenvalue weighted by Crippen LogP contribution is 2.24. The van der Waals surface area contributed by atoms with Gasteiger partial charge in [-0.2, -0.15) is 13.2 Å². The van der Waals surface area contributed by atoms with Gasteiger partial charge in [0.15, 0.2) is 0 Å². The van der Waals surface area contributed by atoms with Gasteiger partial charge in [0.05, 0.1) is 16.3 Å². The maximum atomic E-state index is 12.4. The molecule has 0 unspecified atom stereocenters. The zero-order valence-corrected chi connectivity index (χ0v) is 12.0. The van der Waals surface area contributed by atoms with E-state index in [2.05, 4.69) is 11.8 Å². The molecule has 3 nitrogen and oxygen atoms in total. The molecule has 0 aliphatic rings. The summed E-state index contributed by atoms with van der Waals surface area (Å²) in [6, 6.07) is 1.56. The maximum Gasteiger partial charge on any atom is 0.406 e. The number of carbonyl (C=O) groups excluding carboxylic acids is 1. The number of nitrogens with zero attached hydrogens (tertiary/aromatic N) is 1. The van der Waals surface area contributed by atoms with E-state index in [1.165, 1.54) is 6.92 Å². The zero-order valence-electron chi connectivity index (χ0n) is 11.2. The number of thiophene rings is 1. The van der Waals surface area contributed by atoms with Crippen molar-refractivity contribution in [1.29, 1.82) is 0 Å². The number of rotatable bonds is 3. The molecule has 0 fully saturated rings. The first-order chi connectivity index (χ1) is 9.28. The molecule has 1 aromatic rings. The van der Waals surface area contributed by atoms with Gasteiger partial charge in [-0.3, -0.25) is 4.79 Å². The second-order valence-electron chi connectivity index (χ2n) is 4.06. The first-order valence-electron chi connectivity index (χ1n) is 5.94. The summed E-state index contributed by atoms with van der Waals surface area (Å²) in [4.78, 5) is 13.7. The fourth-order valence-electron chi connectivity index (χ4n) is 1.54. The number of hydrogen-bond donors (Lipinski definition) is 1. The molecule has 7 heteroatoms. The van der Waals surface area contributed by atoms with Crippen molar-refractivity contribution in [1.82, 2.24) is 4.90 Å². The second kappa shape index (κ2) is 6.77. The van der Waals surface area contributed by atoms with Gasteiger partial charge < -0.3 is 10.6 Å². The third kappa shape index (κ3) is 4.54. The summed E-state index contributed by atoms with van der Waals surface area (Å²) in [7, 11) is 0. The molecule has 0 saturated heterocycles. The Balaban J connectivity index is 2.96. The number of nitrogens with two attached hydrogens (primary N) is 1. The van der Waals surface area contributed by atoms with Crippen LogP contribution in [-0.2, 0) is 0 Å². The average molecular weight is 304 g/mol. The zero-order chi connectivity index (χ0) is 15.3. The molecule has 0 aliphatic heterocycles. The molecule has 0 atom stereocenters. The van der Waals surface area contributed by atoms with E-state index in [0.29, 0.717) is 4.88 Å². The van der Waals surface area contributed by atoms with E-state index >= 15 is 0 Å². The molecule has 1 aromatic heterocycles. The number of alkyl halides is 3. The summed E-state index contributed by atoms with van der Waals surface area (Å²) in [5.74, 6) is 4.84. The molecule has 20 heavy (non-hydrogen) atoms. The fourth-order valence-corrected chi connectivity index (χ4v) is 2.56. The van der Waals surface area contributed by atoms with Crippen LogP contribution in [0.3, 0.4) is 0 Å². The number of amides is 1. The minimum atomic E-state index is -4.40. The lowest BCUT2D eigenvalue weighted by atomic mass is 10.2. The van der Waals surface area contributed by atoms with Gasteiger partial charge in [0, 0.05) is 6.54 Å². The number of hydrogen-bond acceptors (Lipinski definition) is 3. The Kier molecular flexibility index (Phi) is 5.60. The summed E-state index contributed by atoms with van der Waals surface area (Å²) in [6.45, 7) is 2.21. The molecule has 2 N–H and O–H groups in total. The minimum absolute atomic E-state index is 0.000890. The van der Waals surface area contributed by atoms with Crippen LogP contribution in [0, 0.1) is 18.8 Å². The Bertz CT molecular complexity index is 540. The Hall–Kier alpha value is -1.52. The lowest BCUT2D eigenvalue weighted by Crippen LogP contribution is -2.38. The number of carbonyl (C=O) groups is 1. The van der Waals surface area contributed by atoms with Crippen LogP contribution in [0.2, 0.25) is 0 Å². The van der Waals surface area contributed by atoms with Gasteiger partial charge in [0.2, 0.25) is 0 Å². The van der Waals surface area contributed by atoms with Gasteiger partial charge in [-0.25, -0.2) is 0 Å². The van der Waals surface area contributed by atoms with E-state index in [4.69, 9.17) is 5.73 Å². The van der Waals surface area contributed by atoms with E-state index in [-0.39, 0.29) is 18.0 Å². The van der Waals surface area contributed by atoms with Crippen LogP contribution in [0.1, 0.15) is 27.0 Å². The first kappa shape index (κ1) is 16.5. The van der Waals surface area contributed by atoms with Gasteiger partial charge >= 0.3 is 6.18 Å². The van der Waals surface area contributed by atoms with E-state index in [9.17, 15) is 18.0 Å². The normalized spacial score (nSPS) is 10.9. The molecule has 0 aliphatic carbocycles. The van der Waals surface area contributed by atoms with Crippen LogP contribution in [0.4, 0.5) is 13.2 Å². The maximum absolute atomic E-state index is 12.4. The topological polar surface area (TPSA) is 46.3 Å². The van der Waals surface area contributed by atoms with Crippen molar-refractivity contribution in [3.05, 3.63) is 21.4 Å². The van der Waals surface area contributed by atoms with Crippen molar-refractivity contribution in [3.8, 4) is 11.8 Å². The highest BCUT2D eigenvalue weighted by Gasteiger charge is 2.33. The highest BCUT2D eigenvalue weighted by molar-refractivity contribution is 7.14. The largest absolute Gasteiger partial charge is 0.406 e. The highest BCUT2D eigenvalue weighted by atomic mass is 32.1. The fraction of sp³-hybridized carbons (Fsp3) is 0.462. The molecule has 0 saturated carbocycles. The van der Waals surface area contributed by atoms with Crippen molar-refractivity contribution in [3.63, 3.8) is 0 Å². The van der Waals surface area contributed by atoms with Gasteiger partial charge in [0.25, 0.3) is 5.91 Å². The molecule has 0 aromatic carbocycles. The molecule has 1 amide bonds. The molecule has 0 radical (unpaired) electrons. The van der Waals surface area contributed by atoms with Crippen LogP contribution >= 0.6 is 11.3 Å². The quantitative estimate of drug-likeness (QED) is 0.872. The Morgan fingerprint density at radius 3 is 2.65 bits per heavy atom. The van der Waals surface area contributed by atoms with Crippen LogP contribution in [0.15, 0.2) is 6.07 Å². The van der Waals surface area contributed by atoms with Crippen LogP contribution in [0.5, 0.6) is 0 Å². The lowest BCUT2D eigenvalue weighted by Gasteiger charge is -2.21. The lowest BCUT2D eigenvalue weighted by molar-refractivity contribution is -0.140. The Morgan fingerprint density at radius 2 is 2.15 bits per heavy atom. The van der Waals surface area contributed by atoms with Crippen LogP contribution in [-0.4, -0.2) is 36.6 Å². The molecular weight excluding hydrogens is 289 g/mol. The Labute approximate surface area is 119 Å². The van der Waals surface area contributed by atoms with E-state index < -0.39 is 18.6 Å². The summed E-state index contributed by atoms with van der Waals surface area (Å²) in [6.07, 6.45) is -4.40. The van der Waals surface area contributed by atoms with E-state index in [0.717, 1.165) is 21.8 Å². The van der Waals surface area contributed by atoms with E-state index in [1.807, 2.05) is 0 Å². The third-order valence-corrected chi connectivity index (χ3v) is 3.61. The molecule has 0 bridgehead atoms. The third-order valence-electron chi connectivity index (χ3n) is 2.47. The molecular formula is C13H15F3N2OS. The predicted octanol–water partition coefficient (Wildman–Crippen LogP) is 2.39. The first-order valence-corrected chi connectivity index (χ1v) is 6.75. The summed E-state index contributed by atoms with van der Waals surface area (Å²) >= 11 is 1.09. The van der Waals surface area contributed by atoms with Gasteiger partial charge in [-0.1, -0.05) is 11.8 Å². The monoisotopic (exact) mass is 304 g/mol. The SMILES string of the molecule is CCN(CC(F)(F)F)C(=O)c1cc(C)c(C#CCN)s1. The van der Waals surface area contributed by atoms with Gasteiger partial charge in [-0.05, 0) is 25.5 Å². The van der Waals surface area contributed by atoms with Crippen LogP contribution < -0.4 is 5.73 Å². The van der Waals surface area contributed by atoms with Gasteiger partial charge in [0.1, 0.15) is 6.54 Å². The minimum Gasteiger partial charge on any atom is -0.329 e. The molecule has 1 heterocycles. The van der Waals surface area contributed by atoms with Crippen LogP contribution in [0.25, 0.3) is 0 Å². The smallest absolute Gasteiger partial charge is 0.329 e.